The number of ether oxygens (including phenoxy) is 1. The van der Waals surface area contributed by atoms with E-state index in [1.165, 1.54) is 25.4 Å². The Kier molecular flexibility index (Phi) is 7.02. The van der Waals surface area contributed by atoms with Crippen molar-refractivity contribution in [1.29, 1.82) is 0 Å². The molecule has 172 valence electrons. The minimum absolute atomic E-state index is 0.0516. The molecule has 0 saturated carbocycles. The monoisotopic (exact) mass is 450 g/mol. The highest BCUT2D eigenvalue weighted by molar-refractivity contribution is 5.78. The van der Waals surface area contributed by atoms with Crippen LogP contribution in [0.3, 0.4) is 0 Å². The quantitative estimate of drug-likeness (QED) is 0.629. The molecule has 32 heavy (non-hydrogen) atoms. The molecule has 3 N–H and O–H groups in total. The van der Waals surface area contributed by atoms with Crippen LogP contribution in [0.5, 0.6) is 5.88 Å². The van der Waals surface area contributed by atoms with E-state index in [9.17, 15) is 22.8 Å². The van der Waals surface area contributed by atoms with Crippen LogP contribution in [0, 0.1) is 5.92 Å². The first kappa shape index (κ1) is 23.5. The number of methoxy groups -OCH3 is 1. The second kappa shape index (κ2) is 9.56. The first-order valence-electron chi connectivity index (χ1n) is 10.1. The van der Waals surface area contributed by atoms with Crippen LogP contribution in [-0.4, -0.2) is 23.9 Å². The standard InChI is InChI=1S/C22H25F3N4O3/c1-12(2)21(31)27-10-13-4-6-16(22(23,24)25)15(8-13)20-28-17(9-18(30)29-20)14-5-7-19(32-3)26-11-14/h4-8,11-12,17,20,28H,9-10H2,1-3H3,(H,27,31)(H,29,30). The Balaban J connectivity index is 1.90. The fourth-order valence-electron chi connectivity index (χ4n) is 3.42. The van der Waals surface area contributed by atoms with E-state index in [0.717, 1.165) is 6.07 Å². The van der Waals surface area contributed by atoms with Crippen LogP contribution in [-0.2, 0) is 22.3 Å². The van der Waals surface area contributed by atoms with Gasteiger partial charge >= 0.3 is 6.18 Å². The summed E-state index contributed by atoms with van der Waals surface area (Å²) in [4.78, 5) is 28.3. The molecule has 0 aliphatic carbocycles. The summed E-state index contributed by atoms with van der Waals surface area (Å²) in [5, 5.41) is 8.36. The maximum atomic E-state index is 13.7. The van der Waals surface area contributed by atoms with E-state index in [2.05, 4.69) is 20.9 Å². The van der Waals surface area contributed by atoms with Crippen LogP contribution in [0.1, 0.15) is 54.7 Å². The number of amides is 2. The maximum absolute atomic E-state index is 13.7. The summed E-state index contributed by atoms with van der Waals surface area (Å²) in [5.41, 5.74) is 0.168. The average Bonchev–Trinajstić information content (AvgIpc) is 2.76. The third-order valence-electron chi connectivity index (χ3n) is 5.16. The Hall–Kier alpha value is -3.14. The molecule has 1 aromatic heterocycles. The number of alkyl halides is 3. The van der Waals surface area contributed by atoms with Crippen molar-refractivity contribution in [3.05, 3.63) is 58.8 Å². The van der Waals surface area contributed by atoms with E-state index in [0.29, 0.717) is 17.0 Å². The Morgan fingerprint density at radius 2 is 2.03 bits per heavy atom. The summed E-state index contributed by atoms with van der Waals surface area (Å²) in [6, 6.07) is 6.45. The highest BCUT2D eigenvalue weighted by Crippen LogP contribution is 2.36. The van der Waals surface area contributed by atoms with E-state index in [1.807, 2.05) is 0 Å². The number of hydrogen-bond donors (Lipinski definition) is 3. The highest BCUT2D eigenvalue weighted by atomic mass is 19.4. The number of aromatic nitrogens is 1. The highest BCUT2D eigenvalue weighted by Gasteiger charge is 2.38. The van der Waals surface area contributed by atoms with Gasteiger partial charge in [0.05, 0.1) is 12.7 Å². The van der Waals surface area contributed by atoms with Gasteiger partial charge in [-0.1, -0.05) is 26.0 Å². The van der Waals surface area contributed by atoms with Crippen LogP contribution in [0.25, 0.3) is 0 Å². The summed E-state index contributed by atoms with van der Waals surface area (Å²) in [6.45, 7) is 3.53. The molecular formula is C22H25F3N4O3. The van der Waals surface area contributed by atoms with Gasteiger partial charge in [-0.2, -0.15) is 13.2 Å². The number of hydrogen-bond acceptors (Lipinski definition) is 5. The maximum Gasteiger partial charge on any atom is 0.416 e. The lowest BCUT2D eigenvalue weighted by Gasteiger charge is -2.33. The molecular weight excluding hydrogens is 425 g/mol. The van der Waals surface area contributed by atoms with E-state index < -0.39 is 23.9 Å². The Morgan fingerprint density at radius 1 is 1.28 bits per heavy atom. The van der Waals surface area contributed by atoms with E-state index in [1.54, 1.807) is 26.0 Å². The minimum Gasteiger partial charge on any atom is -0.481 e. The number of benzene rings is 1. The van der Waals surface area contributed by atoms with Gasteiger partial charge in [-0.15, -0.1) is 0 Å². The van der Waals surface area contributed by atoms with Gasteiger partial charge in [0, 0.05) is 42.8 Å². The largest absolute Gasteiger partial charge is 0.481 e. The van der Waals surface area contributed by atoms with Gasteiger partial charge in [0.25, 0.3) is 0 Å². The third-order valence-corrected chi connectivity index (χ3v) is 5.16. The number of carbonyl (C=O) groups excluding carboxylic acids is 2. The van der Waals surface area contributed by atoms with Crippen LogP contribution in [0.2, 0.25) is 0 Å². The third kappa shape index (κ3) is 5.56. The molecule has 1 aliphatic rings. The zero-order chi connectivity index (χ0) is 23.5. The molecule has 0 bridgehead atoms. The molecule has 2 atom stereocenters. The average molecular weight is 450 g/mol. The number of pyridine rings is 1. The van der Waals surface area contributed by atoms with Crippen molar-refractivity contribution in [2.24, 2.45) is 5.92 Å². The van der Waals surface area contributed by atoms with Crippen molar-refractivity contribution in [3.8, 4) is 5.88 Å². The minimum atomic E-state index is -4.62. The number of rotatable bonds is 6. The molecule has 7 nitrogen and oxygen atoms in total. The van der Waals surface area contributed by atoms with E-state index in [-0.39, 0.29) is 36.3 Å². The van der Waals surface area contributed by atoms with Gasteiger partial charge in [0.1, 0.15) is 6.17 Å². The second-order valence-corrected chi connectivity index (χ2v) is 7.85. The van der Waals surface area contributed by atoms with Crippen molar-refractivity contribution in [1.82, 2.24) is 20.9 Å². The molecule has 2 amide bonds. The lowest BCUT2D eigenvalue weighted by molar-refractivity contribution is -0.139. The van der Waals surface area contributed by atoms with Gasteiger partial charge in [-0.25, -0.2) is 4.98 Å². The van der Waals surface area contributed by atoms with E-state index in [4.69, 9.17) is 4.74 Å². The Labute approximate surface area is 183 Å². The fraction of sp³-hybridized carbons (Fsp3) is 0.409. The number of nitrogens with zero attached hydrogens (tertiary/aromatic N) is 1. The smallest absolute Gasteiger partial charge is 0.416 e. The summed E-state index contributed by atoms with van der Waals surface area (Å²) in [5.74, 6) is -0.452. The second-order valence-electron chi connectivity index (χ2n) is 7.85. The first-order chi connectivity index (χ1) is 15.1. The topological polar surface area (TPSA) is 92.4 Å². The van der Waals surface area contributed by atoms with Crippen molar-refractivity contribution < 1.29 is 27.5 Å². The Morgan fingerprint density at radius 3 is 2.62 bits per heavy atom. The molecule has 1 aliphatic heterocycles. The van der Waals surface area contributed by atoms with Crippen LogP contribution in [0.15, 0.2) is 36.5 Å². The van der Waals surface area contributed by atoms with E-state index >= 15 is 0 Å². The number of nitrogens with one attached hydrogen (secondary N) is 3. The first-order valence-corrected chi connectivity index (χ1v) is 10.1. The molecule has 2 unspecified atom stereocenters. The molecule has 0 spiro atoms. The van der Waals surface area contributed by atoms with Crippen LogP contribution >= 0.6 is 0 Å². The summed E-state index contributed by atoms with van der Waals surface area (Å²) in [7, 11) is 1.47. The van der Waals surface area contributed by atoms with Crippen molar-refractivity contribution in [3.63, 3.8) is 0 Å². The van der Waals surface area contributed by atoms with Crippen molar-refractivity contribution >= 4 is 11.8 Å². The predicted octanol–water partition coefficient (Wildman–Crippen LogP) is 3.23. The lowest BCUT2D eigenvalue weighted by Crippen LogP contribution is -2.47. The molecule has 1 fully saturated rings. The van der Waals surface area contributed by atoms with Gasteiger partial charge in [-0.05, 0) is 23.3 Å². The van der Waals surface area contributed by atoms with Gasteiger partial charge in [0.15, 0.2) is 0 Å². The van der Waals surface area contributed by atoms with Crippen LogP contribution in [0.4, 0.5) is 13.2 Å². The Bertz CT molecular complexity index is 977. The summed E-state index contributed by atoms with van der Waals surface area (Å²) >= 11 is 0. The number of carbonyl (C=O) groups is 2. The van der Waals surface area contributed by atoms with Crippen molar-refractivity contribution in [2.75, 3.05) is 7.11 Å². The SMILES string of the molecule is COc1ccc(C2CC(=O)NC(c3cc(CNC(=O)C(C)C)ccc3C(F)(F)F)N2)cn1. The number of halogens is 3. The van der Waals surface area contributed by atoms with Crippen molar-refractivity contribution in [2.45, 2.75) is 45.2 Å². The van der Waals surface area contributed by atoms with Gasteiger partial charge in [-0.3, -0.25) is 14.9 Å². The van der Waals surface area contributed by atoms with Gasteiger partial charge in [0.2, 0.25) is 17.7 Å². The van der Waals surface area contributed by atoms with Gasteiger partial charge < -0.3 is 15.4 Å². The molecule has 1 saturated heterocycles. The molecule has 1 aromatic carbocycles. The zero-order valence-electron chi connectivity index (χ0n) is 17.9. The molecule has 3 rings (SSSR count). The molecule has 10 heteroatoms. The normalized spacial score (nSPS) is 18.9. The zero-order valence-corrected chi connectivity index (χ0v) is 17.9. The lowest BCUT2D eigenvalue weighted by atomic mass is 9.96. The molecule has 2 heterocycles. The molecule has 0 radical (unpaired) electrons. The van der Waals surface area contributed by atoms with Crippen LogP contribution < -0.4 is 20.7 Å². The summed E-state index contributed by atoms with van der Waals surface area (Å²) < 4.78 is 46.2. The predicted molar refractivity (Wildman–Crippen MR) is 110 cm³/mol. The molecule has 2 aromatic rings. The fourth-order valence-corrected chi connectivity index (χ4v) is 3.42. The summed E-state index contributed by atoms with van der Waals surface area (Å²) in [6.07, 6.45) is -4.11.